The molecule has 4 nitrogen and oxygen atoms in total. The number of unbranched alkanes of at least 4 members (excludes halogenated alkanes) is 5. The molecule has 0 aliphatic carbocycles. The van der Waals surface area contributed by atoms with Gasteiger partial charge in [-0.25, -0.2) is 0 Å². The van der Waals surface area contributed by atoms with Crippen LogP contribution in [0.1, 0.15) is 88.8 Å². The first-order chi connectivity index (χ1) is 18.5. The third kappa shape index (κ3) is 12.7. The Kier molecular flexibility index (Phi) is 17.6. The SMILES string of the molecule is CCCCCCCCC(C=Nc1ccccc1)=Nc1ccccc1.CCCc1c(CC)cc([O-])c([O-])c1C.[Ni+2]. The normalized spacial score (nSPS) is 11.1. The fraction of sp³-hybridized carbons (Fsp3) is 0.412. The van der Waals surface area contributed by atoms with Gasteiger partial charge in [0.2, 0.25) is 0 Å². The maximum Gasteiger partial charge on any atom is 2.00 e. The van der Waals surface area contributed by atoms with Crippen molar-refractivity contribution in [3.63, 3.8) is 0 Å². The van der Waals surface area contributed by atoms with E-state index >= 15 is 0 Å². The van der Waals surface area contributed by atoms with Gasteiger partial charge in [0, 0.05) is 6.21 Å². The van der Waals surface area contributed by atoms with Crippen LogP contribution < -0.4 is 10.2 Å². The largest absolute Gasteiger partial charge is 2.00 e. The van der Waals surface area contributed by atoms with E-state index in [1.807, 2.05) is 73.8 Å². The molecule has 0 aromatic heterocycles. The van der Waals surface area contributed by atoms with Crippen LogP contribution in [0.3, 0.4) is 0 Å². The molecular weight excluding hydrogens is 527 g/mol. The molecule has 0 unspecified atom stereocenters. The van der Waals surface area contributed by atoms with E-state index in [9.17, 15) is 10.2 Å². The Labute approximate surface area is 246 Å². The molecule has 0 bridgehead atoms. The Morgan fingerprint density at radius 1 is 0.769 bits per heavy atom. The van der Waals surface area contributed by atoms with Crippen molar-refractivity contribution >= 4 is 23.3 Å². The quantitative estimate of drug-likeness (QED) is 0.117. The average molecular weight is 571 g/mol. The summed E-state index contributed by atoms with van der Waals surface area (Å²) in [6.45, 7) is 8.10. The molecule has 39 heavy (non-hydrogen) atoms. The third-order valence-corrected chi connectivity index (χ3v) is 6.53. The summed E-state index contributed by atoms with van der Waals surface area (Å²) in [7, 11) is 0. The predicted molar refractivity (Wildman–Crippen MR) is 160 cm³/mol. The number of nitrogens with zero attached hydrogens (tertiary/aromatic N) is 2. The van der Waals surface area contributed by atoms with E-state index in [1.165, 1.54) is 44.6 Å². The van der Waals surface area contributed by atoms with Crippen molar-refractivity contribution in [2.24, 2.45) is 9.98 Å². The third-order valence-electron chi connectivity index (χ3n) is 6.53. The van der Waals surface area contributed by atoms with Crippen molar-refractivity contribution in [3.05, 3.63) is 83.4 Å². The molecule has 0 atom stereocenters. The summed E-state index contributed by atoms with van der Waals surface area (Å²) in [5, 5.41) is 22.7. The topological polar surface area (TPSA) is 70.8 Å². The zero-order valence-corrected chi connectivity index (χ0v) is 25.0. The van der Waals surface area contributed by atoms with Crippen molar-refractivity contribution in [1.29, 1.82) is 0 Å². The summed E-state index contributed by atoms with van der Waals surface area (Å²) in [4.78, 5) is 9.35. The van der Waals surface area contributed by atoms with E-state index in [-0.39, 0.29) is 28.0 Å². The zero-order chi connectivity index (χ0) is 27.6. The molecule has 0 N–H and O–H groups in total. The van der Waals surface area contributed by atoms with E-state index in [1.54, 1.807) is 6.92 Å². The number of aryl methyl sites for hydroxylation is 1. The van der Waals surface area contributed by atoms with Gasteiger partial charge in [0.1, 0.15) is 0 Å². The van der Waals surface area contributed by atoms with E-state index < -0.39 is 0 Å². The number of hydrogen-bond acceptors (Lipinski definition) is 4. The smallest absolute Gasteiger partial charge is 0.873 e. The molecule has 212 valence electrons. The monoisotopic (exact) mass is 570 g/mol. The molecular formula is C34H44N2NiO2. The van der Waals surface area contributed by atoms with Crippen LogP contribution in [0.5, 0.6) is 11.5 Å². The van der Waals surface area contributed by atoms with Gasteiger partial charge in [0.25, 0.3) is 0 Å². The molecule has 0 saturated heterocycles. The molecule has 0 spiro atoms. The van der Waals surface area contributed by atoms with Crippen molar-refractivity contribution < 1.29 is 26.7 Å². The fourth-order valence-corrected chi connectivity index (χ4v) is 4.35. The number of aliphatic imine (C=N–C) groups is 2. The minimum atomic E-state index is -0.362. The van der Waals surface area contributed by atoms with E-state index in [0.29, 0.717) is 5.56 Å². The molecule has 3 rings (SSSR count). The van der Waals surface area contributed by atoms with Gasteiger partial charge in [-0.05, 0) is 68.0 Å². The van der Waals surface area contributed by atoms with Crippen LogP contribution >= 0.6 is 0 Å². The summed E-state index contributed by atoms with van der Waals surface area (Å²) in [6.07, 6.45) is 13.4. The zero-order valence-electron chi connectivity index (χ0n) is 24.0. The maximum atomic E-state index is 11.4. The van der Waals surface area contributed by atoms with Crippen molar-refractivity contribution in [3.8, 4) is 11.5 Å². The molecule has 0 radical (unpaired) electrons. The van der Waals surface area contributed by atoms with Gasteiger partial charge in [-0.15, -0.1) is 11.5 Å². The second kappa shape index (κ2) is 20.1. The van der Waals surface area contributed by atoms with Crippen LogP contribution in [0, 0.1) is 6.92 Å². The minimum Gasteiger partial charge on any atom is -0.873 e. The van der Waals surface area contributed by atoms with Gasteiger partial charge in [-0.3, -0.25) is 9.98 Å². The maximum absolute atomic E-state index is 11.4. The summed E-state index contributed by atoms with van der Waals surface area (Å²) < 4.78 is 0. The average Bonchev–Trinajstić information content (AvgIpc) is 2.95. The van der Waals surface area contributed by atoms with Gasteiger partial charge >= 0.3 is 16.5 Å². The Morgan fingerprint density at radius 2 is 1.36 bits per heavy atom. The summed E-state index contributed by atoms with van der Waals surface area (Å²) >= 11 is 0. The van der Waals surface area contributed by atoms with E-state index in [2.05, 4.69) is 18.8 Å². The number of rotatable bonds is 13. The van der Waals surface area contributed by atoms with Crippen LogP contribution in [0.4, 0.5) is 11.4 Å². The van der Waals surface area contributed by atoms with Crippen LogP contribution in [-0.2, 0) is 29.3 Å². The van der Waals surface area contributed by atoms with E-state index in [4.69, 9.17) is 4.99 Å². The second-order valence-corrected chi connectivity index (χ2v) is 9.62. The first kappa shape index (κ1) is 34.1. The van der Waals surface area contributed by atoms with Gasteiger partial charge in [0.15, 0.2) is 0 Å². The fourth-order valence-electron chi connectivity index (χ4n) is 4.35. The summed E-state index contributed by atoms with van der Waals surface area (Å²) in [6, 6.07) is 21.7. The molecule has 0 aliphatic heterocycles. The van der Waals surface area contributed by atoms with E-state index in [0.717, 1.165) is 53.9 Å². The van der Waals surface area contributed by atoms with Gasteiger partial charge in [-0.1, -0.05) is 107 Å². The van der Waals surface area contributed by atoms with Crippen LogP contribution in [-0.4, -0.2) is 11.9 Å². The summed E-state index contributed by atoms with van der Waals surface area (Å²) in [5.41, 5.74) is 5.80. The number of hydrogen-bond donors (Lipinski definition) is 0. The van der Waals surface area contributed by atoms with Gasteiger partial charge in [0.05, 0.1) is 17.1 Å². The molecule has 0 saturated carbocycles. The first-order valence-corrected chi connectivity index (χ1v) is 14.2. The van der Waals surface area contributed by atoms with Crippen LogP contribution in [0.2, 0.25) is 0 Å². The predicted octanol–water partition coefficient (Wildman–Crippen LogP) is 8.57. The standard InChI is InChI=1S/C22H28N2.C12H18O2.Ni/c1-2-3-4-5-6-9-18-22(24-21-16-12-8-13-17-21)19-23-20-14-10-7-11-15-20;1-4-6-10-8(3)12(14)11(13)7-9(10)5-2;/h7-8,10-17,19H,2-6,9,18H2,1H3;7,13-14H,4-6H2,1-3H3;/q;;+2/p-2. The van der Waals surface area contributed by atoms with Crippen molar-refractivity contribution in [1.82, 2.24) is 0 Å². The molecule has 3 aromatic carbocycles. The van der Waals surface area contributed by atoms with Crippen LogP contribution in [0.15, 0.2) is 76.7 Å². The molecule has 0 aliphatic rings. The second-order valence-electron chi connectivity index (χ2n) is 9.62. The Balaban J connectivity index is 0.000000434. The molecule has 3 aromatic rings. The Hall–Kier alpha value is -2.91. The molecule has 0 amide bonds. The minimum absolute atomic E-state index is 0. The van der Waals surface area contributed by atoms with Crippen molar-refractivity contribution in [2.45, 2.75) is 91.9 Å². The summed E-state index contributed by atoms with van der Waals surface area (Å²) in [5.74, 6) is -0.690. The molecule has 0 heterocycles. The van der Waals surface area contributed by atoms with Crippen molar-refractivity contribution in [2.75, 3.05) is 0 Å². The number of benzene rings is 3. The van der Waals surface area contributed by atoms with Gasteiger partial charge in [-0.2, -0.15) is 0 Å². The number of para-hydroxylation sites is 2. The van der Waals surface area contributed by atoms with Gasteiger partial charge < -0.3 is 10.2 Å². The van der Waals surface area contributed by atoms with Crippen LogP contribution in [0.25, 0.3) is 0 Å². The first-order valence-electron chi connectivity index (χ1n) is 14.2. The Bertz CT molecular complexity index is 1130. The molecule has 5 heteroatoms. The Morgan fingerprint density at radius 3 is 1.95 bits per heavy atom. The molecule has 0 fully saturated rings.